The van der Waals surface area contributed by atoms with Crippen molar-refractivity contribution in [2.45, 2.75) is 6.92 Å². The van der Waals surface area contributed by atoms with Crippen molar-refractivity contribution in [3.63, 3.8) is 0 Å². The highest BCUT2D eigenvalue weighted by atomic mass is 35.5. The van der Waals surface area contributed by atoms with Crippen LogP contribution in [0.2, 0.25) is 10.0 Å². The van der Waals surface area contributed by atoms with Crippen molar-refractivity contribution < 1.29 is 9.21 Å². The Morgan fingerprint density at radius 3 is 2.67 bits per heavy atom. The smallest absolute Gasteiger partial charge is 0.257 e. The van der Waals surface area contributed by atoms with Gasteiger partial charge in [0.15, 0.2) is 5.58 Å². The van der Waals surface area contributed by atoms with E-state index in [1.807, 2.05) is 43.3 Å². The lowest BCUT2D eigenvalue weighted by molar-refractivity contribution is 0.102. The number of halogens is 2. The highest BCUT2D eigenvalue weighted by Crippen LogP contribution is 2.31. The molecule has 4 aromatic rings. The lowest BCUT2D eigenvalue weighted by Crippen LogP contribution is -2.13. The number of benzene rings is 3. The van der Waals surface area contributed by atoms with Gasteiger partial charge in [-0.15, -0.1) is 0 Å². The Hall–Kier alpha value is -2.82. The Balaban J connectivity index is 1.71. The molecule has 0 spiro atoms. The van der Waals surface area contributed by atoms with Crippen molar-refractivity contribution in [3.8, 4) is 11.5 Å². The minimum atomic E-state index is -0.337. The molecule has 0 aliphatic carbocycles. The molecule has 27 heavy (non-hydrogen) atoms. The van der Waals surface area contributed by atoms with Crippen LogP contribution in [-0.4, -0.2) is 10.9 Å². The summed E-state index contributed by atoms with van der Waals surface area (Å²) in [5, 5.41) is 3.63. The minimum absolute atomic E-state index is 0.287. The molecule has 0 aliphatic heterocycles. The zero-order chi connectivity index (χ0) is 19.0. The first-order chi connectivity index (χ1) is 13.0. The average molecular weight is 397 g/mol. The molecule has 1 heterocycles. The monoisotopic (exact) mass is 396 g/mol. The molecule has 0 saturated carbocycles. The molecule has 134 valence electrons. The Kier molecular flexibility index (Phi) is 4.60. The summed E-state index contributed by atoms with van der Waals surface area (Å²) < 4.78 is 5.87. The lowest BCUT2D eigenvalue weighted by Gasteiger charge is -2.10. The number of aromatic nitrogens is 1. The molecule has 3 aromatic carbocycles. The van der Waals surface area contributed by atoms with E-state index in [-0.39, 0.29) is 10.9 Å². The first kappa shape index (κ1) is 17.6. The van der Waals surface area contributed by atoms with Crippen LogP contribution in [-0.2, 0) is 0 Å². The zero-order valence-electron chi connectivity index (χ0n) is 14.3. The molecule has 4 rings (SSSR count). The second-order valence-corrected chi connectivity index (χ2v) is 6.96. The number of rotatable bonds is 3. The van der Waals surface area contributed by atoms with E-state index in [2.05, 4.69) is 10.3 Å². The van der Waals surface area contributed by atoms with E-state index < -0.39 is 0 Å². The third-order valence-electron chi connectivity index (χ3n) is 4.12. The number of para-hydroxylation sites is 1. The largest absolute Gasteiger partial charge is 0.436 e. The van der Waals surface area contributed by atoms with Gasteiger partial charge in [-0.1, -0.05) is 41.4 Å². The van der Waals surface area contributed by atoms with Crippen LogP contribution in [0, 0.1) is 6.92 Å². The maximum absolute atomic E-state index is 12.7. The number of aryl methyl sites for hydroxylation is 1. The first-order valence-electron chi connectivity index (χ1n) is 8.24. The van der Waals surface area contributed by atoms with Crippen LogP contribution in [0.15, 0.2) is 65.1 Å². The second kappa shape index (κ2) is 7.06. The summed E-state index contributed by atoms with van der Waals surface area (Å²) in [6, 6.07) is 17.9. The number of nitrogens with one attached hydrogen (secondary N) is 1. The maximum atomic E-state index is 12.7. The molecule has 0 radical (unpaired) electrons. The van der Waals surface area contributed by atoms with Gasteiger partial charge in [0.25, 0.3) is 5.91 Å². The normalized spacial score (nSPS) is 10.9. The van der Waals surface area contributed by atoms with E-state index in [1.165, 1.54) is 6.07 Å². The Morgan fingerprint density at radius 2 is 1.85 bits per heavy atom. The van der Waals surface area contributed by atoms with E-state index in [0.29, 0.717) is 33.3 Å². The number of hydrogen-bond acceptors (Lipinski definition) is 3. The first-order valence-corrected chi connectivity index (χ1v) is 9.00. The van der Waals surface area contributed by atoms with Crippen LogP contribution in [0.25, 0.3) is 22.6 Å². The van der Waals surface area contributed by atoms with Gasteiger partial charge in [0.2, 0.25) is 5.89 Å². The number of anilines is 1. The summed E-state index contributed by atoms with van der Waals surface area (Å²) in [4.78, 5) is 17.2. The number of nitrogens with zero attached hydrogens (tertiary/aromatic N) is 1. The summed E-state index contributed by atoms with van der Waals surface area (Å²) in [6.45, 7) is 2.00. The summed E-state index contributed by atoms with van der Waals surface area (Å²) in [7, 11) is 0. The molecule has 0 aliphatic rings. The van der Waals surface area contributed by atoms with Gasteiger partial charge in [-0.05, 0) is 55.0 Å². The predicted octanol–water partition coefficient (Wildman–Crippen LogP) is 6.36. The second-order valence-electron chi connectivity index (χ2n) is 6.11. The number of hydrogen-bond donors (Lipinski definition) is 1. The number of amides is 1. The third-order valence-corrected chi connectivity index (χ3v) is 4.67. The highest BCUT2D eigenvalue weighted by Gasteiger charge is 2.16. The SMILES string of the molecule is Cc1ccc2oc(-c3ccccc3NC(=O)c3ccc(Cl)cc3Cl)nc2c1. The van der Waals surface area contributed by atoms with Crippen LogP contribution in [0.5, 0.6) is 0 Å². The van der Waals surface area contributed by atoms with Gasteiger partial charge in [-0.3, -0.25) is 4.79 Å². The summed E-state index contributed by atoms with van der Waals surface area (Å²) >= 11 is 12.0. The van der Waals surface area contributed by atoms with Gasteiger partial charge in [0.1, 0.15) is 5.52 Å². The molecule has 0 atom stereocenters. The topological polar surface area (TPSA) is 55.1 Å². The zero-order valence-corrected chi connectivity index (χ0v) is 15.8. The number of fused-ring (bicyclic) bond motifs is 1. The molecule has 4 nitrogen and oxygen atoms in total. The molecule has 0 fully saturated rings. The highest BCUT2D eigenvalue weighted by molar-refractivity contribution is 6.37. The summed E-state index contributed by atoms with van der Waals surface area (Å²) in [5.74, 6) is 0.102. The predicted molar refractivity (Wildman–Crippen MR) is 109 cm³/mol. The van der Waals surface area contributed by atoms with Gasteiger partial charge in [0.05, 0.1) is 21.8 Å². The standard InChI is InChI=1S/C21H14Cl2N2O2/c1-12-6-9-19-18(10-12)25-21(27-19)15-4-2-3-5-17(15)24-20(26)14-8-7-13(22)11-16(14)23/h2-11H,1H3,(H,24,26). The summed E-state index contributed by atoms with van der Waals surface area (Å²) in [6.07, 6.45) is 0. The Bertz CT molecular complexity index is 1170. The van der Waals surface area contributed by atoms with Crippen molar-refractivity contribution in [1.82, 2.24) is 4.98 Å². The van der Waals surface area contributed by atoms with E-state index in [1.54, 1.807) is 18.2 Å². The van der Waals surface area contributed by atoms with Gasteiger partial charge in [-0.25, -0.2) is 4.98 Å². The third kappa shape index (κ3) is 3.54. The van der Waals surface area contributed by atoms with Crippen LogP contribution in [0.4, 0.5) is 5.69 Å². The fourth-order valence-corrected chi connectivity index (χ4v) is 3.29. The van der Waals surface area contributed by atoms with E-state index >= 15 is 0 Å². The molecular formula is C21H14Cl2N2O2. The molecule has 1 aromatic heterocycles. The van der Waals surface area contributed by atoms with Crippen molar-refractivity contribution in [1.29, 1.82) is 0 Å². The number of carbonyl (C=O) groups excluding carboxylic acids is 1. The van der Waals surface area contributed by atoms with Gasteiger partial charge < -0.3 is 9.73 Å². The molecule has 0 bridgehead atoms. The molecule has 0 saturated heterocycles. The fraction of sp³-hybridized carbons (Fsp3) is 0.0476. The number of oxazole rings is 1. The summed E-state index contributed by atoms with van der Waals surface area (Å²) in [5.41, 5.74) is 4.16. The van der Waals surface area contributed by atoms with Crippen LogP contribution < -0.4 is 5.32 Å². The van der Waals surface area contributed by atoms with E-state index in [9.17, 15) is 4.79 Å². The van der Waals surface area contributed by atoms with Crippen molar-refractivity contribution in [3.05, 3.63) is 81.8 Å². The van der Waals surface area contributed by atoms with Crippen molar-refractivity contribution >= 4 is 45.9 Å². The molecule has 6 heteroatoms. The number of carbonyl (C=O) groups is 1. The average Bonchev–Trinajstić information content (AvgIpc) is 3.05. The van der Waals surface area contributed by atoms with Crippen LogP contribution >= 0.6 is 23.2 Å². The van der Waals surface area contributed by atoms with Gasteiger partial charge >= 0.3 is 0 Å². The van der Waals surface area contributed by atoms with Gasteiger partial charge in [0, 0.05) is 5.02 Å². The van der Waals surface area contributed by atoms with E-state index in [4.69, 9.17) is 27.6 Å². The lowest BCUT2D eigenvalue weighted by atomic mass is 10.1. The van der Waals surface area contributed by atoms with Crippen molar-refractivity contribution in [2.24, 2.45) is 0 Å². The Labute approximate surface area is 165 Å². The van der Waals surface area contributed by atoms with Crippen LogP contribution in [0.3, 0.4) is 0 Å². The van der Waals surface area contributed by atoms with Crippen molar-refractivity contribution in [2.75, 3.05) is 5.32 Å². The molecule has 1 N–H and O–H groups in total. The van der Waals surface area contributed by atoms with Gasteiger partial charge in [-0.2, -0.15) is 0 Å². The fourth-order valence-electron chi connectivity index (χ4n) is 2.79. The quantitative estimate of drug-likeness (QED) is 0.438. The minimum Gasteiger partial charge on any atom is -0.436 e. The van der Waals surface area contributed by atoms with Crippen LogP contribution in [0.1, 0.15) is 15.9 Å². The Morgan fingerprint density at radius 1 is 1.04 bits per heavy atom. The molecule has 0 unspecified atom stereocenters. The maximum Gasteiger partial charge on any atom is 0.257 e. The van der Waals surface area contributed by atoms with E-state index in [0.717, 1.165) is 11.1 Å². The molecule has 1 amide bonds. The molecular weight excluding hydrogens is 383 g/mol.